The van der Waals surface area contributed by atoms with Crippen LogP contribution in [0.5, 0.6) is 0 Å². The predicted molar refractivity (Wildman–Crippen MR) is 74.2 cm³/mol. The average Bonchev–Trinajstić information content (AvgIpc) is 3.21. The number of aliphatic carboxylic acids is 1. The summed E-state index contributed by atoms with van der Waals surface area (Å²) in [7, 11) is 1.71. The third kappa shape index (κ3) is 3.69. The third-order valence-corrected chi connectivity index (χ3v) is 4.84. The second-order valence-electron chi connectivity index (χ2n) is 6.46. The first-order chi connectivity index (χ1) is 9.07. The van der Waals surface area contributed by atoms with Gasteiger partial charge in [-0.3, -0.25) is 9.69 Å². The number of carboxylic acids is 1. The van der Waals surface area contributed by atoms with Crippen LogP contribution in [0.1, 0.15) is 45.4 Å². The van der Waals surface area contributed by atoms with Crippen LogP contribution in [-0.2, 0) is 9.53 Å². The average molecular weight is 269 g/mol. The minimum Gasteiger partial charge on any atom is -0.481 e. The van der Waals surface area contributed by atoms with Gasteiger partial charge >= 0.3 is 5.97 Å². The summed E-state index contributed by atoms with van der Waals surface area (Å²) in [6, 6.07) is 0.603. The largest absolute Gasteiger partial charge is 0.481 e. The molecule has 2 rings (SSSR count). The van der Waals surface area contributed by atoms with Gasteiger partial charge in [0.25, 0.3) is 0 Å². The lowest BCUT2D eigenvalue weighted by molar-refractivity contribution is -0.153. The Bertz CT molecular complexity index is 307. The van der Waals surface area contributed by atoms with E-state index in [2.05, 4.69) is 11.8 Å². The van der Waals surface area contributed by atoms with Crippen molar-refractivity contribution in [2.75, 3.05) is 26.8 Å². The molecule has 0 spiro atoms. The molecule has 0 amide bonds. The molecule has 2 aliphatic rings. The Morgan fingerprint density at radius 2 is 1.95 bits per heavy atom. The molecular formula is C15H27NO3. The van der Waals surface area contributed by atoms with Crippen molar-refractivity contribution in [1.82, 2.24) is 4.90 Å². The van der Waals surface area contributed by atoms with Gasteiger partial charge in [-0.05, 0) is 44.4 Å². The van der Waals surface area contributed by atoms with Crippen LogP contribution in [0.25, 0.3) is 0 Å². The molecule has 0 saturated heterocycles. The van der Waals surface area contributed by atoms with E-state index in [1.807, 2.05) is 0 Å². The molecule has 19 heavy (non-hydrogen) atoms. The van der Waals surface area contributed by atoms with Gasteiger partial charge in [-0.15, -0.1) is 0 Å². The van der Waals surface area contributed by atoms with E-state index < -0.39 is 11.4 Å². The van der Waals surface area contributed by atoms with Gasteiger partial charge < -0.3 is 9.84 Å². The maximum Gasteiger partial charge on any atom is 0.310 e. The van der Waals surface area contributed by atoms with E-state index in [0.717, 1.165) is 32.2 Å². The van der Waals surface area contributed by atoms with Crippen molar-refractivity contribution in [2.24, 2.45) is 11.3 Å². The smallest absolute Gasteiger partial charge is 0.310 e. The molecule has 0 aromatic rings. The molecule has 0 radical (unpaired) electrons. The second kappa shape index (κ2) is 6.23. The number of hydrogen-bond acceptors (Lipinski definition) is 3. The molecule has 2 saturated carbocycles. The van der Waals surface area contributed by atoms with Gasteiger partial charge in [-0.2, -0.15) is 0 Å². The topological polar surface area (TPSA) is 49.8 Å². The van der Waals surface area contributed by atoms with E-state index in [1.165, 1.54) is 12.8 Å². The fourth-order valence-electron chi connectivity index (χ4n) is 3.18. The summed E-state index contributed by atoms with van der Waals surface area (Å²) in [4.78, 5) is 14.1. The molecule has 0 aromatic heterocycles. The Labute approximate surface area is 116 Å². The number of nitrogens with zero attached hydrogens (tertiary/aromatic N) is 1. The highest BCUT2D eigenvalue weighted by atomic mass is 16.5. The molecule has 0 heterocycles. The van der Waals surface area contributed by atoms with Crippen molar-refractivity contribution >= 4 is 5.97 Å². The summed E-state index contributed by atoms with van der Waals surface area (Å²) in [5.74, 6) is 0.0864. The second-order valence-corrected chi connectivity index (χ2v) is 6.46. The van der Waals surface area contributed by atoms with Crippen LogP contribution in [0.3, 0.4) is 0 Å². The molecule has 110 valence electrons. The summed E-state index contributed by atoms with van der Waals surface area (Å²) in [6.07, 6.45) is 6.20. The Morgan fingerprint density at radius 1 is 1.32 bits per heavy atom. The van der Waals surface area contributed by atoms with E-state index in [4.69, 9.17) is 4.74 Å². The first-order valence-corrected chi connectivity index (χ1v) is 7.54. The summed E-state index contributed by atoms with van der Waals surface area (Å²) < 4.78 is 5.16. The Morgan fingerprint density at radius 3 is 2.42 bits per heavy atom. The maximum absolute atomic E-state index is 11.8. The molecule has 0 aromatic carbocycles. The first kappa shape index (κ1) is 14.8. The molecule has 1 N–H and O–H groups in total. The normalized spacial score (nSPS) is 31.6. The Hall–Kier alpha value is -0.610. The van der Waals surface area contributed by atoms with Crippen molar-refractivity contribution in [1.29, 1.82) is 0 Å². The minimum absolute atomic E-state index is 0.511. The Kier molecular flexibility index (Phi) is 4.85. The molecule has 0 unspecified atom stereocenters. The summed E-state index contributed by atoms with van der Waals surface area (Å²) in [6.45, 7) is 4.51. The zero-order valence-corrected chi connectivity index (χ0v) is 12.2. The number of hydrogen-bond donors (Lipinski definition) is 1. The van der Waals surface area contributed by atoms with Crippen LogP contribution in [0, 0.1) is 11.3 Å². The van der Waals surface area contributed by atoms with Crippen molar-refractivity contribution in [3.63, 3.8) is 0 Å². The predicted octanol–water partition coefficient (Wildman–Crippen LogP) is 2.38. The van der Waals surface area contributed by atoms with Crippen molar-refractivity contribution < 1.29 is 14.6 Å². The molecule has 2 aliphatic carbocycles. The highest BCUT2D eigenvalue weighted by molar-refractivity contribution is 5.75. The van der Waals surface area contributed by atoms with Gasteiger partial charge in [0.05, 0.1) is 12.0 Å². The standard InChI is InChI=1S/C15H27NO3/c1-12-5-7-15(8-6-12,14(17)18)11-16(9-10-19-2)13-3-4-13/h12-13H,3-11H2,1-2H3,(H,17,18). The summed E-state index contributed by atoms with van der Waals surface area (Å²) >= 11 is 0. The number of ether oxygens (including phenoxy) is 1. The van der Waals surface area contributed by atoms with Gasteiger partial charge in [0.1, 0.15) is 0 Å². The van der Waals surface area contributed by atoms with E-state index >= 15 is 0 Å². The highest BCUT2D eigenvalue weighted by Crippen LogP contribution is 2.41. The van der Waals surface area contributed by atoms with Crippen LogP contribution in [0.2, 0.25) is 0 Å². The fraction of sp³-hybridized carbons (Fsp3) is 0.933. The summed E-state index contributed by atoms with van der Waals surface area (Å²) in [5.41, 5.74) is -0.511. The SMILES string of the molecule is COCCN(CC1(C(=O)O)CCC(C)CC1)C1CC1. The number of carboxylic acid groups (broad SMARTS) is 1. The highest BCUT2D eigenvalue weighted by Gasteiger charge is 2.44. The van der Waals surface area contributed by atoms with Crippen LogP contribution >= 0.6 is 0 Å². The molecule has 4 nitrogen and oxygen atoms in total. The van der Waals surface area contributed by atoms with Gasteiger partial charge in [-0.25, -0.2) is 0 Å². The molecule has 4 heteroatoms. The lowest BCUT2D eigenvalue weighted by atomic mass is 9.70. The quantitative estimate of drug-likeness (QED) is 0.771. The number of methoxy groups -OCH3 is 1. The number of rotatable bonds is 7. The van der Waals surface area contributed by atoms with Gasteiger partial charge in [0.15, 0.2) is 0 Å². The van der Waals surface area contributed by atoms with Gasteiger partial charge in [0, 0.05) is 26.2 Å². The van der Waals surface area contributed by atoms with Crippen LogP contribution in [-0.4, -0.2) is 48.8 Å². The lowest BCUT2D eigenvalue weighted by Crippen LogP contribution is -2.47. The van der Waals surface area contributed by atoms with Crippen molar-refractivity contribution in [3.8, 4) is 0 Å². The third-order valence-electron chi connectivity index (χ3n) is 4.84. The fourth-order valence-corrected chi connectivity index (χ4v) is 3.18. The zero-order chi connectivity index (χ0) is 13.9. The van der Waals surface area contributed by atoms with Crippen LogP contribution < -0.4 is 0 Å². The first-order valence-electron chi connectivity index (χ1n) is 7.54. The minimum atomic E-state index is -0.595. The van der Waals surface area contributed by atoms with E-state index in [9.17, 15) is 9.90 Å². The monoisotopic (exact) mass is 269 g/mol. The Balaban J connectivity index is 2.00. The van der Waals surface area contributed by atoms with Crippen LogP contribution in [0.15, 0.2) is 0 Å². The molecule has 2 fully saturated rings. The van der Waals surface area contributed by atoms with Crippen molar-refractivity contribution in [2.45, 2.75) is 51.5 Å². The molecule has 0 aliphatic heterocycles. The zero-order valence-electron chi connectivity index (χ0n) is 12.2. The maximum atomic E-state index is 11.8. The number of carbonyl (C=O) groups is 1. The lowest BCUT2D eigenvalue weighted by Gasteiger charge is -2.39. The van der Waals surface area contributed by atoms with Gasteiger partial charge in [-0.1, -0.05) is 6.92 Å². The van der Waals surface area contributed by atoms with Gasteiger partial charge in [0.2, 0.25) is 0 Å². The molecule has 0 bridgehead atoms. The molecule has 0 atom stereocenters. The van der Waals surface area contributed by atoms with E-state index in [-0.39, 0.29) is 0 Å². The van der Waals surface area contributed by atoms with Crippen LogP contribution in [0.4, 0.5) is 0 Å². The van der Waals surface area contributed by atoms with E-state index in [0.29, 0.717) is 25.1 Å². The molecular weight excluding hydrogens is 242 g/mol. The van der Waals surface area contributed by atoms with Crippen molar-refractivity contribution in [3.05, 3.63) is 0 Å². The summed E-state index contributed by atoms with van der Waals surface area (Å²) in [5, 5.41) is 9.69. The van der Waals surface area contributed by atoms with E-state index in [1.54, 1.807) is 7.11 Å².